The van der Waals surface area contributed by atoms with Crippen molar-refractivity contribution >= 4 is 17.8 Å². The number of carbonyl (C=O) groups is 2. The Morgan fingerprint density at radius 3 is 3.00 bits per heavy atom. The lowest BCUT2D eigenvalue weighted by molar-refractivity contribution is -0.149. The van der Waals surface area contributed by atoms with Crippen LogP contribution in [0.5, 0.6) is 0 Å². The lowest BCUT2D eigenvalue weighted by Crippen LogP contribution is -2.29. The molecule has 0 aliphatic carbocycles. The third-order valence-electron chi connectivity index (χ3n) is 1.57. The topological polar surface area (TPSA) is 136 Å². The van der Waals surface area contributed by atoms with E-state index in [1.54, 1.807) is 6.07 Å². The van der Waals surface area contributed by atoms with E-state index in [1.165, 1.54) is 11.0 Å². The molecule has 90 valence electrons. The predicted molar refractivity (Wildman–Crippen MR) is 54.0 cm³/mol. The number of anilines is 1. The predicted octanol–water partition coefficient (Wildman–Crippen LogP) is -1.96. The van der Waals surface area contributed by atoms with Crippen molar-refractivity contribution in [2.75, 3.05) is 18.9 Å². The number of amides is 1. The molecule has 0 aliphatic heterocycles. The minimum Gasteiger partial charge on any atom is -0.454 e. The smallest absolute Gasteiger partial charge is 0.328 e. The molecule has 0 bridgehead atoms. The van der Waals surface area contributed by atoms with Gasteiger partial charge in [0.25, 0.3) is 5.91 Å². The van der Waals surface area contributed by atoms with E-state index in [4.69, 9.17) is 11.0 Å². The molecule has 0 spiro atoms. The monoisotopic (exact) mass is 238 g/mol. The SMILES string of the molecule is N#CCNC(=O)COC(=O)Cn1cnc(N)n1. The fraction of sp³-hybridized carbons (Fsp3) is 0.375. The summed E-state index contributed by atoms with van der Waals surface area (Å²) in [5, 5.41) is 14.1. The van der Waals surface area contributed by atoms with Gasteiger partial charge in [-0.15, -0.1) is 5.10 Å². The highest BCUT2D eigenvalue weighted by atomic mass is 16.5. The summed E-state index contributed by atoms with van der Waals surface area (Å²) >= 11 is 0. The Labute approximate surface area is 96.2 Å². The van der Waals surface area contributed by atoms with Crippen LogP contribution in [-0.2, 0) is 20.9 Å². The number of hydrogen-bond donors (Lipinski definition) is 2. The fourth-order valence-corrected chi connectivity index (χ4v) is 0.898. The second-order valence-electron chi connectivity index (χ2n) is 2.90. The second-order valence-corrected chi connectivity index (χ2v) is 2.90. The zero-order valence-corrected chi connectivity index (χ0v) is 8.79. The van der Waals surface area contributed by atoms with Crippen molar-refractivity contribution in [2.45, 2.75) is 6.54 Å². The Kier molecular flexibility index (Phi) is 4.44. The van der Waals surface area contributed by atoms with Crippen LogP contribution in [0.3, 0.4) is 0 Å². The normalized spacial score (nSPS) is 9.35. The summed E-state index contributed by atoms with van der Waals surface area (Å²) in [6.07, 6.45) is 1.27. The molecule has 3 N–H and O–H groups in total. The van der Waals surface area contributed by atoms with Crippen LogP contribution in [0.15, 0.2) is 6.33 Å². The van der Waals surface area contributed by atoms with Crippen LogP contribution < -0.4 is 11.1 Å². The lowest BCUT2D eigenvalue weighted by Gasteiger charge is -2.03. The molecule has 1 aromatic heterocycles. The van der Waals surface area contributed by atoms with E-state index in [2.05, 4.69) is 20.1 Å². The van der Waals surface area contributed by atoms with E-state index in [9.17, 15) is 9.59 Å². The fourth-order valence-electron chi connectivity index (χ4n) is 0.898. The average Bonchev–Trinajstić information content (AvgIpc) is 2.69. The average molecular weight is 238 g/mol. The number of aromatic nitrogens is 3. The van der Waals surface area contributed by atoms with Gasteiger partial charge in [0.1, 0.15) is 19.4 Å². The van der Waals surface area contributed by atoms with Crippen LogP contribution in [0.2, 0.25) is 0 Å². The number of hydrogen-bond acceptors (Lipinski definition) is 7. The molecule has 1 rings (SSSR count). The maximum absolute atomic E-state index is 11.2. The third-order valence-corrected chi connectivity index (χ3v) is 1.57. The number of esters is 1. The highest BCUT2D eigenvalue weighted by molar-refractivity contribution is 5.80. The molecule has 0 unspecified atom stereocenters. The van der Waals surface area contributed by atoms with Gasteiger partial charge in [0.05, 0.1) is 6.07 Å². The maximum Gasteiger partial charge on any atom is 0.328 e. The number of nitrogens with one attached hydrogen (secondary N) is 1. The first-order chi connectivity index (χ1) is 8.11. The van der Waals surface area contributed by atoms with Crippen molar-refractivity contribution in [2.24, 2.45) is 0 Å². The molecule has 1 aromatic rings. The number of nitriles is 1. The Morgan fingerprint density at radius 2 is 2.41 bits per heavy atom. The molecule has 0 aliphatic rings. The molecule has 0 saturated carbocycles. The zero-order chi connectivity index (χ0) is 12.7. The summed E-state index contributed by atoms with van der Waals surface area (Å²) in [4.78, 5) is 25.8. The van der Waals surface area contributed by atoms with E-state index in [0.29, 0.717) is 0 Å². The van der Waals surface area contributed by atoms with Crippen molar-refractivity contribution in [1.82, 2.24) is 20.1 Å². The summed E-state index contributed by atoms with van der Waals surface area (Å²) in [7, 11) is 0. The highest BCUT2D eigenvalue weighted by Gasteiger charge is 2.08. The van der Waals surface area contributed by atoms with E-state index in [1.807, 2.05) is 0 Å². The van der Waals surface area contributed by atoms with E-state index in [0.717, 1.165) is 0 Å². The minimum atomic E-state index is -0.651. The number of carbonyl (C=O) groups excluding carboxylic acids is 2. The van der Waals surface area contributed by atoms with Crippen LogP contribution in [0, 0.1) is 11.3 Å². The summed E-state index contributed by atoms with van der Waals surface area (Å²) in [5.74, 6) is -1.15. The van der Waals surface area contributed by atoms with Crippen molar-refractivity contribution in [3.8, 4) is 6.07 Å². The van der Waals surface area contributed by atoms with Crippen molar-refractivity contribution < 1.29 is 14.3 Å². The van der Waals surface area contributed by atoms with E-state index in [-0.39, 0.29) is 19.0 Å². The number of ether oxygens (including phenoxy) is 1. The van der Waals surface area contributed by atoms with E-state index >= 15 is 0 Å². The molecule has 17 heavy (non-hydrogen) atoms. The van der Waals surface area contributed by atoms with Gasteiger partial charge >= 0.3 is 5.97 Å². The summed E-state index contributed by atoms with van der Waals surface area (Å²) in [6.45, 7) is -0.754. The Hall–Kier alpha value is -2.63. The molecule has 0 atom stereocenters. The summed E-state index contributed by atoms with van der Waals surface area (Å²) in [6, 6.07) is 1.72. The number of rotatable bonds is 5. The van der Waals surface area contributed by atoms with Crippen LogP contribution >= 0.6 is 0 Å². The van der Waals surface area contributed by atoms with Gasteiger partial charge in [0, 0.05) is 0 Å². The second kappa shape index (κ2) is 6.06. The third kappa shape index (κ3) is 4.61. The number of nitrogens with two attached hydrogens (primary N) is 1. The molecule has 1 amide bonds. The van der Waals surface area contributed by atoms with Crippen LogP contribution in [0.4, 0.5) is 5.95 Å². The highest BCUT2D eigenvalue weighted by Crippen LogP contribution is 1.91. The quantitative estimate of drug-likeness (QED) is 0.449. The summed E-state index contributed by atoms with van der Waals surface area (Å²) < 4.78 is 5.81. The lowest BCUT2D eigenvalue weighted by atomic mass is 10.6. The van der Waals surface area contributed by atoms with Crippen molar-refractivity contribution in [3.05, 3.63) is 6.33 Å². The van der Waals surface area contributed by atoms with Gasteiger partial charge < -0.3 is 15.8 Å². The number of nitrogen functional groups attached to an aromatic ring is 1. The molecule has 0 radical (unpaired) electrons. The Bertz CT molecular complexity index is 448. The largest absolute Gasteiger partial charge is 0.454 e. The Balaban J connectivity index is 2.26. The van der Waals surface area contributed by atoms with Crippen molar-refractivity contribution in [3.63, 3.8) is 0 Å². The molecule has 0 aromatic carbocycles. The van der Waals surface area contributed by atoms with Gasteiger partial charge in [0.2, 0.25) is 5.95 Å². The van der Waals surface area contributed by atoms with Crippen molar-refractivity contribution in [1.29, 1.82) is 5.26 Å². The van der Waals surface area contributed by atoms with Gasteiger partial charge in [-0.05, 0) is 0 Å². The molecular weight excluding hydrogens is 228 g/mol. The molecule has 9 nitrogen and oxygen atoms in total. The van der Waals surface area contributed by atoms with Gasteiger partial charge in [-0.25, -0.2) is 9.67 Å². The zero-order valence-electron chi connectivity index (χ0n) is 8.79. The minimum absolute atomic E-state index is 0.0459. The van der Waals surface area contributed by atoms with Gasteiger partial charge in [-0.1, -0.05) is 0 Å². The van der Waals surface area contributed by atoms with Crippen LogP contribution in [0.1, 0.15) is 0 Å². The molecular formula is C8H10N6O3. The first-order valence-corrected chi connectivity index (χ1v) is 4.56. The standard InChI is InChI=1S/C8H10N6O3/c9-1-2-11-6(15)4-17-7(16)3-14-5-12-8(10)13-14/h5H,2-4H2,(H2,10,13)(H,11,15). The van der Waals surface area contributed by atoms with Gasteiger partial charge in [0.15, 0.2) is 6.61 Å². The number of nitrogens with zero attached hydrogens (tertiary/aromatic N) is 4. The summed E-state index contributed by atoms with van der Waals surface area (Å²) in [5.41, 5.74) is 5.24. The van der Waals surface area contributed by atoms with Crippen LogP contribution in [-0.4, -0.2) is 39.8 Å². The van der Waals surface area contributed by atoms with Gasteiger partial charge in [-0.2, -0.15) is 5.26 Å². The molecule has 9 heteroatoms. The molecule has 0 saturated heterocycles. The Morgan fingerprint density at radius 1 is 1.65 bits per heavy atom. The molecule has 0 fully saturated rings. The van der Waals surface area contributed by atoms with Gasteiger partial charge in [-0.3, -0.25) is 9.59 Å². The van der Waals surface area contributed by atoms with Crippen LogP contribution in [0.25, 0.3) is 0 Å². The first kappa shape index (κ1) is 12.4. The first-order valence-electron chi connectivity index (χ1n) is 4.56. The molecule has 1 heterocycles. The maximum atomic E-state index is 11.2. The van der Waals surface area contributed by atoms with E-state index < -0.39 is 18.5 Å².